The molecule has 0 fully saturated rings. The van der Waals surface area contributed by atoms with Crippen LogP contribution < -0.4 is 10.6 Å². The molecule has 0 saturated heterocycles. The first-order valence-electron chi connectivity index (χ1n) is 7.16. The van der Waals surface area contributed by atoms with Gasteiger partial charge in [0.2, 0.25) is 0 Å². The van der Waals surface area contributed by atoms with E-state index < -0.39 is 0 Å². The van der Waals surface area contributed by atoms with Crippen molar-refractivity contribution in [3.8, 4) is 0 Å². The van der Waals surface area contributed by atoms with Crippen LogP contribution in [0.15, 0.2) is 59.2 Å². The molecule has 1 aromatic heterocycles. The average molecular weight is 280 g/mol. The standard InChI is InChI=1S/C18H20N2O/c1-13-6-5-7-14(10-13)20(2)17(11-19)16-12-21-18-9-4-3-8-15(16)18/h3-10,12,17H,11,19H2,1-2H3. The van der Waals surface area contributed by atoms with Gasteiger partial charge in [-0.1, -0.05) is 30.3 Å². The average Bonchev–Trinajstić information content (AvgIpc) is 2.92. The van der Waals surface area contributed by atoms with Crippen molar-refractivity contribution in [1.82, 2.24) is 0 Å². The van der Waals surface area contributed by atoms with Crippen LogP contribution in [-0.2, 0) is 0 Å². The molecule has 21 heavy (non-hydrogen) atoms. The molecule has 0 bridgehead atoms. The predicted molar refractivity (Wildman–Crippen MR) is 87.6 cm³/mol. The molecule has 2 N–H and O–H groups in total. The van der Waals surface area contributed by atoms with Gasteiger partial charge in [-0.15, -0.1) is 0 Å². The zero-order valence-corrected chi connectivity index (χ0v) is 12.4. The first-order valence-corrected chi connectivity index (χ1v) is 7.16. The Bertz CT molecular complexity index is 748. The number of para-hydroxylation sites is 1. The minimum absolute atomic E-state index is 0.0930. The quantitative estimate of drug-likeness (QED) is 0.788. The fourth-order valence-corrected chi connectivity index (χ4v) is 2.78. The summed E-state index contributed by atoms with van der Waals surface area (Å²) in [6, 6.07) is 16.6. The first kappa shape index (κ1) is 13.7. The summed E-state index contributed by atoms with van der Waals surface area (Å²) in [5.74, 6) is 0. The van der Waals surface area contributed by atoms with E-state index in [1.807, 2.05) is 24.5 Å². The molecular formula is C18H20N2O. The molecule has 1 atom stereocenters. The van der Waals surface area contributed by atoms with Gasteiger partial charge in [-0.25, -0.2) is 0 Å². The molecule has 3 heteroatoms. The minimum atomic E-state index is 0.0930. The molecule has 0 saturated carbocycles. The number of likely N-dealkylation sites (N-methyl/N-ethyl adjacent to an activating group) is 1. The van der Waals surface area contributed by atoms with Crippen LogP contribution in [0.2, 0.25) is 0 Å². The monoisotopic (exact) mass is 280 g/mol. The molecule has 3 nitrogen and oxygen atoms in total. The van der Waals surface area contributed by atoms with Crippen molar-refractivity contribution in [2.45, 2.75) is 13.0 Å². The highest BCUT2D eigenvalue weighted by molar-refractivity contribution is 5.82. The molecule has 3 aromatic rings. The molecule has 0 aliphatic carbocycles. The maximum atomic E-state index is 6.05. The van der Waals surface area contributed by atoms with E-state index in [0.29, 0.717) is 6.54 Å². The Morgan fingerprint density at radius 2 is 1.95 bits per heavy atom. The second-order valence-corrected chi connectivity index (χ2v) is 5.39. The number of fused-ring (bicyclic) bond motifs is 1. The van der Waals surface area contributed by atoms with Gasteiger partial charge >= 0.3 is 0 Å². The number of benzene rings is 2. The Balaban J connectivity index is 2.01. The number of aryl methyl sites for hydroxylation is 1. The highest BCUT2D eigenvalue weighted by Gasteiger charge is 2.20. The topological polar surface area (TPSA) is 42.4 Å². The third-order valence-corrected chi connectivity index (χ3v) is 3.97. The first-order chi connectivity index (χ1) is 10.2. The lowest BCUT2D eigenvalue weighted by Gasteiger charge is -2.29. The van der Waals surface area contributed by atoms with Crippen LogP contribution >= 0.6 is 0 Å². The highest BCUT2D eigenvalue weighted by atomic mass is 16.3. The summed E-state index contributed by atoms with van der Waals surface area (Å²) >= 11 is 0. The summed E-state index contributed by atoms with van der Waals surface area (Å²) in [5, 5.41) is 1.13. The second-order valence-electron chi connectivity index (χ2n) is 5.39. The zero-order valence-electron chi connectivity index (χ0n) is 12.4. The van der Waals surface area contributed by atoms with Gasteiger partial charge in [-0.3, -0.25) is 0 Å². The van der Waals surface area contributed by atoms with Gasteiger partial charge in [0.25, 0.3) is 0 Å². The molecule has 3 rings (SSSR count). The fourth-order valence-electron chi connectivity index (χ4n) is 2.78. The molecule has 0 radical (unpaired) electrons. The number of hydrogen-bond donors (Lipinski definition) is 1. The lowest BCUT2D eigenvalue weighted by atomic mass is 10.0. The van der Waals surface area contributed by atoms with Crippen LogP contribution in [0.5, 0.6) is 0 Å². The van der Waals surface area contributed by atoms with Crippen molar-refractivity contribution < 1.29 is 4.42 Å². The Labute approximate surface area is 125 Å². The number of nitrogens with two attached hydrogens (primary N) is 1. The Morgan fingerprint density at radius 3 is 2.71 bits per heavy atom. The lowest BCUT2D eigenvalue weighted by molar-refractivity contribution is 0.595. The van der Waals surface area contributed by atoms with Crippen molar-refractivity contribution in [2.24, 2.45) is 5.73 Å². The Hall–Kier alpha value is -2.26. The van der Waals surface area contributed by atoms with Crippen LogP contribution in [0.3, 0.4) is 0 Å². The van der Waals surface area contributed by atoms with E-state index in [-0.39, 0.29) is 6.04 Å². The summed E-state index contributed by atoms with van der Waals surface area (Å²) in [7, 11) is 2.08. The highest BCUT2D eigenvalue weighted by Crippen LogP contribution is 2.31. The Kier molecular flexibility index (Phi) is 3.67. The van der Waals surface area contributed by atoms with Crippen molar-refractivity contribution in [3.63, 3.8) is 0 Å². The smallest absolute Gasteiger partial charge is 0.134 e. The van der Waals surface area contributed by atoms with E-state index in [4.69, 9.17) is 10.2 Å². The largest absolute Gasteiger partial charge is 0.464 e. The zero-order chi connectivity index (χ0) is 14.8. The summed E-state index contributed by atoms with van der Waals surface area (Å²) < 4.78 is 5.66. The van der Waals surface area contributed by atoms with Gasteiger partial charge in [-0.05, 0) is 30.7 Å². The number of anilines is 1. The normalized spacial score (nSPS) is 12.5. The molecule has 0 amide bonds. The molecule has 1 heterocycles. The summed E-state index contributed by atoms with van der Waals surface area (Å²) in [4.78, 5) is 2.21. The molecule has 1 unspecified atom stereocenters. The van der Waals surface area contributed by atoms with E-state index >= 15 is 0 Å². The maximum Gasteiger partial charge on any atom is 0.134 e. The van der Waals surface area contributed by atoms with Crippen LogP contribution in [0.4, 0.5) is 5.69 Å². The van der Waals surface area contributed by atoms with E-state index in [9.17, 15) is 0 Å². The SMILES string of the molecule is Cc1cccc(N(C)C(CN)c2coc3ccccc23)c1. The number of hydrogen-bond acceptors (Lipinski definition) is 3. The van der Waals surface area contributed by atoms with Gasteiger partial charge in [0.1, 0.15) is 5.58 Å². The number of rotatable bonds is 4. The molecule has 0 aliphatic heterocycles. The van der Waals surface area contributed by atoms with Gasteiger partial charge < -0.3 is 15.1 Å². The minimum Gasteiger partial charge on any atom is -0.464 e. The molecule has 0 spiro atoms. The van der Waals surface area contributed by atoms with E-state index in [2.05, 4.69) is 49.2 Å². The number of nitrogens with zero attached hydrogens (tertiary/aromatic N) is 1. The van der Waals surface area contributed by atoms with Gasteiger partial charge in [0.15, 0.2) is 0 Å². The van der Waals surface area contributed by atoms with Crippen molar-refractivity contribution in [2.75, 3.05) is 18.5 Å². The fraction of sp³-hybridized carbons (Fsp3) is 0.222. The van der Waals surface area contributed by atoms with Gasteiger partial charge in [0, 0.05) is 30.2 Å². The molecule has 0 aliphatic rings. The van der Waals surface area contributed by atoms with Crippen molar-refractivity contribution in [1.29, 1.82) is 0 Å². The third kappa shape index (κ3) is 2.52. The number of furan rings is 1. The summed E-state index contributed by atoms with van der Waals surface area (Å²) in [6.07, 6.45) is 1.83. The van der Waals surface area contributed by atoms with Crippen LogP contribution in [0, 0.1) is 6.92 Å². The predicted octanol–water partition coefficient (Wildman–Crippen LogP) is 3.88. The second kappa shape index (κ2) is 5.62. The summed E-state index contributed by atoms with van der Waals surface area (Å²) in [6.45, 7) is 2.63. The van der Waals surface area contributed by atoms with E-state index in [1.165, 1.54) is 5.56 Å². The van der Waals surface area contributed by atoms with Crippen LogP contribution in [0.25, 0.3) is 11.0 Å². The van der Waals surface area contributed by atoms with Gasteiger partial charge in [-0.2, -0.15) is 0 Å². The maximum absolute atomic E-state index is 6.05. The molecular weight excluding hydrogens is 260 g/mol. The van der Waals surface area contributed by atoms with Gasteiger partial charge in [0.05, 0.1) is 12.3 Å². The molecule has 2 aromatic carbocycles. The Morgan fingerprint density at radius 1 is 1.14 bits per heavy atom. The lowest BCUT2D eigenvalue weighted by Crippen LogP contribution is -2.30. The van der Waals surface area contributed by atoms with Crippen LogP contribution in [-0.4, -0.2) is 13.6 Å². The van der Waals surface area contributed by atoms with Crippen LogP contribution in [0.1, 0.15) is 17.2 Å². The van der Waals surface area contributed by atoms with E-state index in [0.717, 1.165) is 22.2 Å². The summed E-state index contributed by atoms with van der Waals surface area (Å²) in [5.41, 5.74) is 10.5. The third-order valence-electron chi connectivity index (χ3n) is 3.97. The molecule has 108 valence electrons. The van der Waals surface area contributed by atoms with Crippen molar-refractivity contribution in [3.05, 3.63) is 65.9 Å². The van der Waals surface area contributed by atoms with Crippen molar-refractivity contribution >= 4 is 16.7 Å². The van der Waals surface area contributed by atoms with E-state index in [1.54, 1.807) is 0 Å².